The molecule has 4 heterocycles. The molecule has 0 radical (unpaired) electrons. The minimum Gasteiger partial charge on any atom is -0.508 e. The van der Waals surface area contributed by atoms with Crippen molar-refractivity contribution in [3.8, 4) is 23.0 Å². The number of β-amino-alcohol motifs (C(OH)–C–C–N with tert-alkyl or cyclic N) is 1. The van der Waals surface area contributed by atoms with Crippen LogP contribution in [0.15, 0.2) is 30.5 Å². The van der Waals surface area contributed by atoms with E-state index in [4.69, 9.17) is 4.74 Å². The fourth-order valence-corrected chi connectivity index (χ4v) is 5.97. The Hall–Kier alpha value is -3.70. The number of rotatable bonds is 4. The quantitative estimate of drug-likeness (QED) is 0.217. The number of aliphatic hydroxyl groups excluding tert-OH is 1. The summed E-state index contributed by atoms with van der Waals surface area (Å²) in [6.07, 6.45) is 5.71. The number of alkyl halides is 1. The van der Waals surface area contributed by atoms with Crippen molar-refractivity contribution in [1.29, 1.82) is 0 Å². The Bertz CT molecular complexity index is 1610. The Balaban J connectivity index is 0.000000374. The van der Waals surface area contributed by atoms with Gasteiger partial charge in [0.1, 0.15) is 34.8 Å². The van der Waals surface area contributed by atoms with Crippen LogP contribution in [0, 0.1) is 17.6 Å². The van der Waals surface area contributed by atoms with Crippen molar-refractivity contribution in [3.63, 3.8) is 0 Å². The number of phenolic OH excluding ortho intramolecular Hbond substituents is 1. The molecule has 0 amide bonds. The second kappa shape index (κ2) is 16.2. The number of aromatic hydroxyl groups is 1. The normalized spacial score (nSPS) is 20.2. The number of nitrogens with zero attached hydrogens (tertiary/aromatic N) is 4. The van der Waals surface area contributed by atoms with Crippen LogP contribution in [-0.2, 0) is 6.42 Å². The molecule has 0 aliphatic carbocycles. The van der Waals surface area contributed by atoms with Gasteiger partial charge in [0.2, 0.25) is 0 Å². The number of aromatic nitrogens is 3. The molecule has 2 saturated heterocycles. The van der Waals surface area contributed by atoms with Crippen LogP contribution in [0.3, 0.4) is 0 Å². The second-order valence-electron chi connectivity index (χ2n) is 11.6. The van der Waals surface area contributed by atoms with Gasteiger partial charge in [0.15, 0.2) is 5.82 Å². The number of phenols is 1. The Labute approximate surface area is 269 Å². The number of ether oxygens (including phenoxy) is 1. The van der Waals surface area contributed by atoms with Gasteiger partial charge in [0, 0.05) is 31.4 Å². The molecule has 4 aromatic rings. The summed E-state index contributed by atoms with van der Waals surface area (Å²) >= 11 is 0. The van der Waals surface area contributed by atoms with Crippen molar-refractivity contribution in [3.05, 3.63) is 47.7 Å². The number of anilines is 1. The molecule has 2 aromatic heterocycles. The summed E-state index contributed by atoms with van der Waals surface area (Å²) in [6.45, 7) is 10.3. The molecule has 46 heavy (non-hydrogen) atoms. The summed E-state index contributed by atoms with van der Waals surface area (Å²) in [7, 11) is 1.40. The summed E-state index contributed by atoms with van der Waals surface area (Å²) in [4.78, 5) is 15.0. The van der Waals surface area contributed by atoms with E-state index >= 15 is 4.39 Å². The number of fused-ring (bicyclic) bond motifs is 2. The fourth-order valence-electron chi connectivity index (χ4n) is 5.97. The van der Waals surface area contributed by atoms with E-state index in [1.807, 2.05) is 32.6 Å². The van der Waals surface area contributed by atoms with Crippen molar-refractivity contribution in [2.45, 2.75) is 78.5 Å². The Kier molecular flexibility index (Phi) is 12.4. The van der Waals surface area contributed by atoms with Gasteiger partial charge < -0.3 is 25.2 Å². The van der Waals surface area contributed by atoms with E-state index in [9.17, 15) is 19.0 Å². The SMILES string of the molecule is CC.CCc1c(F)ccc2cc(O)cc(-c3ncc4c(N5CCC(C)C(O)C5)nc(OC)nc4c3F)c12.FC1CCCCCNC1. The number of halogens is 3. The van der Waals surface area contributed by atoms with Gasteiger partial charge in [0.05, 0.1) is 18.6 Å². The first-order valence-corrected chi connectivity index (χ1v) is 16.3. The molecule has 250 valence electrons. The van der Waals surface area contributed by atoms with E-state index in [1.54, 1.807) is 6.07 Å². The lowest BCUT2D eigenvalue weighted by molar-refractivity contribution is 0.102. The third kappa shape index (κ3) is 7.81. The van der Waals surface area contributed by atoms with Crippen molar-refractivity contribution in [2.24, 2.45) is 5.92 Å². The van der Waals surface area contributed by atoms with Gasteiger partial charge in [-0.2, -0.15) is 9.97 Å². The van der Waals surface area contributed by atoms with Gasteiger partial charge in [-0.3, -0.25) is 4.98 Å². The number of nitrogens with one attached hydrogen (secondary N) is 1. The predicted molar refractivity (Wildman–Crippen MR) is 177 cm³/mol. The monoisotopic (exact) mass is 641 g/mol. The maximum atomic E-state index is 16.1. The van der Waals surface area contributed by atoms with E-state index in [0.29, 0.717) is 53.6 Å². The average molecular weight is 642 g/mol. The molecule has 0 spiro atoms. The second-order valence-corrected chi connectivity index (χ2v) is 11.6. The van der Waals surface area contributed by atoms with Crippen molar-refractivity contribution in [2.75, 3.05) is 38.2 Å². The minimum atomic E-state index is -0.728. The molecular weight excluding hydrogens is 595 g/mol. The third-order valence-electron chi connectivity index (χ3n) is 8.54. The fraction of sp³-hybridized carbons (Fsp3) is 0.514. The number of aryl methyl sites for hydroxylation is 1. The molecule has 3 unspecified atom stereocenters. The number of pyridine rings is 1. The van der Waals surface area contributed by atoms with Gasteiger partial charge in [-0.1, -0.05) is 46.6 Å². The molecule has 6 rings (SSSR count). The van der Waals surface area contributed by atoms with Gasteiger partial charge in [0.25, 0.3) is 0 Å². The highest BCUT2D eigenvalue weighted by molar-refractivity contribution is 6.01. The maximum absolute atomic E-state index is 16.1. The summed E-state index contributed by atoms with van der Waals surface area (Å²) in [5.41, 5.74) is 0.627. The zero-order valence-electron chi connectivity index (χ0n) is 27.4. The molecule has 3 atom stereocenters. The number of piperidine rings is 1. The molecule has 2 aliphatic rings. The van der Waals surface area contributed by atoms with Crippen LogP contribution in [0.2, 0.25) is 0 Å². The molecule has 2 fully saturated rings. The van der Waals surface area contributed by atoms with Crippen LogP contribution >= 0.6 is 0 Å². The third-order valence-corrected chi connectivity index (χ3v) is 8.54. The van der Waals surface area contributed by atoms with E-state index in [-0.39, 0.29) is 34.5 Å². The molecule has 8 nitrogen and oxygen atoms in total. The van der Waals surface area contributed by atoms with Crippen LogP contribution in [0.5, 0.6) is 11.8 Å². The van der Waals surface area contributed by atoms with E-state index < -0.39 is 23.9 Å². The Morgan fingerprint density at radius 1 is 1.09 bits per heavy atom. The maximum Gasteiger partial charge on any atom is 0.318 e. The van der Waals surface area contributed by atoms with Crippen LogP contribution in [0.1, 0.15) is 65.4 Å². The van der Waals surface area contributed by atoms with Gasteiger partial charge >= 0.3 is 6.01 Å². The summed E-state index contributed by atoms with van der Waals surface area (Å²) < 4.78 is 48.6. The predicted octanol–water partition coefficient (Wildman–Crippen LogP) is 7.12. The summed E-state index contributed by atoms with van der Waals surface area (Å²) in [5, 5.41) is 25.2. The molecule has 2 aromatic carbocycles. The minimum absolute atomic E-state index is 0.00379. The number of aliphatic hydroxyl groups is 1. The first-order chi connectivity index (χ1) is 22.2. The number of hydrogen-bond donors (Lipinski definition) is 3. The van der Waals surface area contributed by atoms with E-state index in [2.05, 4.69) is 20.3 Å². The summed E-state index contributed by atoms with van der Waals surface area (Å²) in [6, 6.07) is 5.78. The van der Waals surface area contributed by atoms with Crippen LogP contribution < -0.4 is 15.0 Å². The summed E-state index contributed by atoms with van der Waals surface area (Å²) in [5.74, 6) is -0.641. The smallest absolute Gasteiger partial charge is 0.318 e. The highest BCUT2D eigenvalue weighted by atomic mass is 19.1. The lowest BCUT2D eigenvalue weighted by Gasteiger charge is -2.35. The van der Waals surface area contributed by atoms with Crippen LogP contribution in [0.4, 0.5) is 19.0 Å². The lowest BCUT2D eigenvalue weighted by Crippen LogP contribution is -2.43. The van der Waals surface area contributed by atoms with Gasteiger partial charge in [-0.25, -0.2) is 13.2 Å². The Morgan fingerprint density at radius 2 is 1.87 bits per heavy atom. The van der Waals surface area contributed by atoms with Gasteiger partial charge in [-0.05, 0) is 72.7 Å². The van der Waals surface area contributed by atoms with Crippen molar-refractivity contribution < 1.29 is 28.1 Å². The van der Waals surface area contributed by atoms with E-state index in [0.717, 1.165) is 25.8 Å². The topological polar surface area (TPSA) is 104 Å². The van der Waals surface area contributed by atoms with Crippen LogP contribution in [0.25, 0.3) is 32.9 Å². The number of methoxy groups -OCH3 is 1. The molecule has 11 heteroatoms. The highest BCUT2D eigenvalue weighted by Crippen LogP contribution is 2.39. The van der Waals surface area contributed by atoms with Crippen molar-refractivity contribution in [1.82, 2.24) is 20.3 Å². The molecule has 2 aliphatic heterocycles. The Morgan fingerprint density at radius 3 is 2.59 bits per heavy atom. The highest BCUT2D eigenvalue weighted by Gasteiger charge is 2.28. The first kappa shape index (κ1) is 35.2. The molecular formula is C35H46F3N5O3. The van der Waals surface area contributed by atoms with Gasteiger partial charge in [-0.15, -0.1) is 0 Å². The number of benzene rings is 2. The van der Waals surface area contributed by atoms with E-state index in [1.165, 1.54) is 44.3 Å². The lowest BCUT2D eigenvalue weighted by atomic mass is 9.94. The van der Waals surface area contributed by atoms with Crippen molar-refractivity contribution >= 4 is 27.5 Å². The zero-order chi connectivity index (χ0) is 33.4. The number of hydrogen-bond acceptors (Lipinski definition) is 8. The molecule has 0 bridgehead atoms. The van der Waals surface area contributed by atoms with Crippen LogP contribution in [-0.4, -0.2) is 70.7 Å². The zero-order valence-corrected chi connectivity index (χ0v) is 27.4. The molecule has 3 N–H and O–H groups in total. The largest absolute Gasteiger partial charge is 0.508 e. The standard InChI is InChI=1S/C26H26F2N4O3.C7H14FN.C2H6/c1-4-16-19(27)6-5-14-9-15(33)10-17(21(14)16)23-22(28)24-18(11-29-23)25(31-26(30-24)35-3)32-8-7-13(2)20(34)12-32;8-7-4-2-1-3-5-9-6-7;1-2/h5-6,9-11,13,20,33-34H,4,7-8,12H2,1-3H3;7,9H,1-6H2;1-2H3. The molecule has 0 saturated carbocycles. The average Bonchev–Trinajstić information content (AvgIpc) is 3.05. The first-order valence-electron chi connectivity index (χ1n) is 16.3.